The minimum atomic E-state index is -0.310. The van der Waals surface area contributed by atoms with E-state index in [0.717, 1.165) is 36.2 Å². The molecule has 3 aromatic rings. The lowest BCUT2D eigenvalue weighted by Crippen LogP contribution is -2.50. The molecular formula is C19H22N4O. The van der Waals surface area contributed by atoms with E-state index in [9.17, 15) is 5.11 Å². The maximum atomic E-state index is 9.98. The number of aromatic nitrogens is 2. The van der Waals surface area contributed by atoms with Crippen molar-refractivity contribution >= 4 is 11.0 Å². The molecule has 4 rings (SSSR count). The molecule has 0 amide bonds. The van der Waals surface area contributed by atoms with E-state index in [-0.39, 0.29) is 12.1 Å². The Balaban J connectivity index is 1.46. The zero-order chi connectivity index (χ0) is 16.4. The van der Waals surface area contributed by atoms with Crippen LogP contribution < -0.4 is 10.6 Å². The van der Waals surface area contributed by atoms with Crippen molar-refractivity contribution in [2.45, 2.75) is 25.1 Å². The fourth-order valence-corrected chi connectivity index (χ4v) is 3.27. The van der Waals surface area contributed by atoms with E-state index in [1.165, 1.54) is 5.56 Å². The van der Waals surface area contributed by atoms with Gasteiger partial charge in [-0.25, -0.2) is 4.98 Å². The molecule has 0 unspecified atom stereocenters. The van der Waals surface area contributed by atoms with Crippen LogP contribution in [0, 0.1) is 0 Å². The van der Waals surface area contributed by atoms with Gasteiger partial charge in [-0.05, 0) is 42.8 Å². The van der Waals surface area contributed by atoms with Crippen LogP contribution in [0.3, 0.4) is 0 Å². The molecule has 0 radical (unpaired) electrons. The number of piperidine rings is 1. The molecule has 0 aliphatic carbocycles. The fraction of sp³-hybridized carbons (Fsp3) is 0.316. The van der Waals surface area contributed by atoms with E-state index >= 15 is 0 Å². The van der Waals surface area contributed by atoms with Crippen molar-refractivity contribution in [1.29, 1.82) is 0 Å². The monoisotopic (exact) mass is 322 g/mol. The smallest absolute Gasteiger partial charge is 0.100 e. The zero-order valence-corrected chi connectivity index (χ0v) is 13.5. The normalized spacial score (nSPS) is 21.2. The van der Waals surface area contributed by atoms with Crippen molar-refractivity contribution in [3.05, 3.63) is 60.4 Å². The Bertz CT molecular complexity index is 812. The summed E-state index contributed by atoms with van der Waals surface area (Å²) in [6, 6.07) is 16.8. The number of hydrogen-bond acceptors (Lipinski definition) is 4. The first-order valence-corrected chi connectivity index (χ1v) is 8.45. The van der Waals surface area contributed by atoms with E-state index in [2.05, 4.69) is 50.5 Å². The number of benzene rings is 2. The van der Waals surface area contributed by atoms with Gasteiger partial charge in [0.25, 0.3) is 0 Å². The predicted molar refractivity (Wildman–Crippen MR) is 95.2 cm³/mol. The molecule has 0 spiro atoms. The first-order valence-electron chi connectivity index (χ1n) is 8.45. The number of nitrogens with zero attached hydrogens (tertiary/aromatic N) is 2. The average molecular weight is 322 g/mol. The van der Waals surface area contributed by atoms with E-state index < -0.39 is 0 Å². The molecule has 1 aliphatic heterocycles. The minimum Gasteiger partial charge on any atom is -0.390 e. The summed E-state index contributed by atoms with van der Waals surface area (Å²) in [4.78, 5) is 4.44. The van der Waals surface area contributed by atoms with Gasteiger partial charge < -0.3 is 15.7 Å². The highest BCUT2D eigenvalue weighted by Crippen LogP contribution is 2.18. The van der Waals surface area contributed by atoms with Crippen LogP contribution >= 0.6 is 0 Å². The maximum absolute atomic E-state index is 9.98. The molecule has 5 nitrogen and oxygen atoms in total. The second-order valence-electron chi connectivity index (χ2n) is 6.32. The Kier molecular flexibility index (Phi) is 4.30. The fourth-order valence-electron chi connectivity index (χ4n) is 3.27. The molecule has 1 saturated heterocycles. The minimum absolute atomic E-state index is 0.170. The maximum Gasteiger partial charge on any atom is 0.100 e. The molecule has 2 heterocycles. The number of para-hydroxylation sites is 2. The highest BCUT2D eigenvalue weighted by molar-refractivity contribution is 5.77. The van der Waals surface area contributed by atoms with Crippen LogP contribution in [-0.4, -0.2) is 39.9 Å². The molecule has 2 atom stereocenters. The van der Waals surface area contributed by atoms with Gasteiger partial charge in [-0.15, -0.1) is 0 Å². The highest BCUT2D eigenvalue weighted by Gasteiger charge is 2.21. The molecule has 24 heavy (non-hydrogen) atoms. The Morgan fingerprint density at radius 2 is 2.00 bits per heavy atom. The van der Waals surface area contributed by atoms with Gasteiger partial charge in [0.1, 0.15) is 6.33 Å². The lowest BCUT2D eigenvalue weighted by atomic mass is 10.0. The largest absolute Gasteiger partial charge is 0.390 e. The molecule has 0 saturated carbocycles. The van der Waals surface area contributed by atoms with E-state index in [1.54, 1.807) is 0 Å². The molecular weight excluding hydrogens is 300 g/mol. The molecule has 1 aliphatic rings. The molecule has 0 bridgehead atoms. The topological polar surface area (TPSA) is 62.1 Å². The van der Waals surface area contributed by atoms with Crippen LogP contribution in [0.4, 0.5) is 0 Å². The number of aliphatic hydroxyl groups is 1. The third-order valence-corrected chi connectivity index (χ3v) is 4.69. The molecule has 124 valence electrons. The molecule has 3 N–H and O–H groups in total. The van der Waals surface area contributed by atoms with Gasteiger partial charge in [-0.1, -0.05) is 24.3 Å². The summed E-state index contributed by atoms with van der Waals surface area (Å²) < 4.78 is 2.10. The van der Waals surface area contributed by atoms with Gasteiger partial charge >= 0.3 is 0 Å². The van der Waals surface area contributed by atoms with E-state index in [1.807, 2.05) is 24.5 Å². The van der Waals surface area contributed by atoms with Gasteiger partial charge in [-0.3, -0.25) is 4.57 Å². The first-order chi connectivity index (χ1) is 11.8. The van der Waals surface area contributed by atoms with Crippen molar-refractivity contribution in [3.63, 3.8) is 0 Å². The second-order valence-corrected chi connectivity index (χ2v) is 6.32. The average Bonchev–Trinajstić information content (AvgIpc) is 3.06. The summed E-state index contributed by atoms with van der Waals surface area (Å²) in [5.41, 5.74) is 4.44. The Morgan fingerprint density at radius 1 is 1.17 bits per heavy atom. The van der Waals surface area contributed by atoms with Crippen LogP contribution in [0.1, 0.15) is 12.0 Å². The SMILES string of the molecule is O[C@H]1CNCC[C@@H]1NCc1ccc(-n2cnc3ccccc32)cc1. The zero-order valence-electron chi connectivity index (χ0n) is 13.5. The Labute approximate surface area is 141 Å². The van der Waals surface area contributed by atoms with Gasteiger partial charge in [0.2, 0.25) is 0 Å². The molecule has 1 aromatic heterocycles. The van der Waals surface area contributed by atoms with Gasteiger partial charge in [-0.2, -0.15) is 0 Å². The summed E-state index contributed by atoms with van der Waals surface area (Å²) in [5, 5.41) is 16.6. The number of fused-ring (bicyclic) bond motifs is 1. The van der Waals surface area contributed by atoms with Crippen molar-refractivity contribution < 1.29 is 5.11 Å². The van der Waals surface area contributed by atoms with Crippen molar-refractivity contribution in [3.8, 4) is 5.69 Å². The second kappa shape index (κ2) is 6.73. The highest BCUT2D eigenvalue weighted by atomic mass is 16.3. The molecule has 5 heteroatoms. The van der Waals surface area contributed by atoms with Crippen LogP contribution in [-0.2, 0) is 6.54 Å². The summed E-state index contributed by atoms with van der Waals surface area (Å²) in [7, 11) is 0. The van der Waals surface area contributed by atoms with Gasteiger partial charge in [0.15, 0.2) is 0 Å². The predicted octanol–water partition coefficient (Wildman–Crippen LogP) is 1.84. The number of nitrogens with one attached hydrogen (secondary N) is 2. The van der Waals surface area contributed by atoms with Crippen LogP contribution in [0.25, 0.3) is 16.7 Å². The third-order valence-electron chi connectivity index (χ3n) is 4.69. The summed E-state index contributed by atoms with van der Waals surface area (Å²) in [5.74, 6) is 0. The van der Waals surface area contributed by atoms with Crippen molar-refractivity contribution in [1.82, 2.24) is 20.2 Å². The lowest BCUT2D eigenvalue weighted by Gasteiger charge is -2.29. The standard InChI is InChI=1S/C19H22N4O/c24-19-12-20-10-9-17(19)21-11-14-5-7-15(8-6-14)23-13-22-16-3-1-2-4-18(16)23/h1-8,13,17,19-21,24H,9-12H2/t17-,19-/m0/s1. The van der Waals surface area contributed by atoms with Gasteiger partial charge in [0, 0.05) is 24.8 Å². The summed E-state index contributed by atoms with van der Waals surface area (Å²) in [6.07, 6.45) is 2.51. The van der Waals surface area contributed by atoms with E-state index in [4.69, 9.17) is 0 Å². The van der Waals surface area contributed by atoms with Crippen LogP contribution in [0.5, 0.6) is 0 Å². The molecule has 1 fully saturated rings. The van der Waals surface area contributed by atoms with E-state index in [0.29, 0.717) is 6.54 Å². The van der Waals surface area contributed by atoms with Gasteiger partial charge in [0.05, 0.1) is 17.1 Å². The van der Waals surface area contributed by atoms with Crippen LogP contribution in [0.2, 0.25) is 0 Å². The first kappa shape index (κ1) is 15.3. The quantitative estimate of drug-likeness (QED) is 0.686. The summed E-state index contributed by atoms with van der Waals surface area (Å²) in [6.45, 7) is 2.40. The third kappa shape index (κ3) is 3.06. The van der Waals surface area contributed by atoms with Crippen molar-refractivity contribution in [2.75, 3.05) is 13.1 Å². The van der Waals surface area contributed by atoms with Crippen molar-refractivity contribution in [2.24, 2.45) is 0 Å². The number of rotatable bonds is 4. The number of imidazole rings is 1. The van der Waals surface area contributed by atoms with Crippen LogP contribution in [0.15, 0.2) is 54.9 Å². The molecule has 2 aromatic carbocycles. The number of hydrogen-bond donors (Lipinski definition) is 3. The Hall–Kier alpha value is -2.21. The lowest BCUT2D eigenvalue weighted by molar-refractivity contribution is 0.102. The number of aliphatic hydroxyl groups excluding tert-OH is 1. The summed E-state index contributed by atoms with van der Waals surface area (Å²) >= 11 is 0. The Morgan fingerprint density at radius 3 is 2.83 bits per heavy atom. The number of β-amino-alcohol motifs (C(OH)–C–C–N with tert-alkyl or cyclic N) is 1.